The van der Waals surface area contributed by atoms with Crippen LogP contribution in [0.3, 0.4) is 0 Å². The van der Waals surface area contributed by atoms with E-state index in [-0.39, 0.29) is 0 Å². The third kappa shape index (κ3) is 6.20. The van der Waals surface area contributed by atoms with Crippen LogP contribution in [0.5, 0.6) is 23.0 Å². The van der Waals surface area contributed by atoms with Crippen LogP contribution < -0.4 is 23.8 Å². The van der Waals surface area contributed by atoms with Crippen LogP contribution in [0.2, 0.25) is 0 Å². The van der Waals surface area contributed by atoms with Gasteiger partial charge in [0.05, 0.1) is 51.8 Å². The maximum atomic E-state index is 13.2. The first kappa shape index (κ1) is 29.4. The minimum atomic E-state index is -4.35. The first-order valence-corrected chi connectivity index (χ1v) is 13.7. The molecule has 1 aromatic heterocycles. The summed E-state index contributed by atoms with van der Waals surface area (Å²) in [4.78, 5) is 4.33. The van der Waals surface area contributed by atoms with Gasteiger partial charge in [-0.1, -0.05) is 12.1 Å². The average molecular weight is 585 g/mol. The van der Waals surface area contributed by atoms with Gasteiger partial charge in [-0.3, -0.25) is 9.58 Å². The van der Waals surface area contributed by atoms with E-state index in [2.05, 4.69) is 4.90 Å². The Morgan fingerprint density at radius 1 is 0.762 bits per heavy atom. The fraction of sp³-hybridized carbons (Fsp3) is 0.387. The topological polar surface area (TPSA) is 61.2 Å². The van der Waals surface area contributed by atoms with Gasteiger partial charge in [0.25, 0.3) is 0 Å². The van der Waals surface area contributed by atoms with Crippen molar-refractivity contribution < 1.29 is 32.1 Å². The normalized spacial score (nSPS) is 14.3. The van der Waals surface area contributed by atoms with Crippen LogP contribution in [-0.2, 0) is 19.1 Å². The van der Waals surface area contributed by atoms with E-state index in [9.17, 15) is 13.2 Å². The monoisotopic (exact) mass is 584 g/mol. The van der Waals surface area contributed by atoms with Crippen molar-refractivity contribution >= 4 is 16.6 Å². The number of hydrogen-bond acceptors (Lipinski definition) is 7. The van der Waals surface area contributed by atoms with E-state index in [1.165, 1.54) is 12.1 Å². The van der Waals surface area contributed by atoms with Crippen molar-refractivity contribution in [2.45, 2.75) is 19.1 Å². The van der Waals surface area contributed by atoms with E-state index in [0.29, 0.717) is 54.7 Å². The van der Waals surface area contributed by atoms with Gasteiger partial charge < -0.3 is 23.8 Å². The molecule has 1 fully saturated rings. The Bertz CT molecular complexity index is 1530. The van der Waals surface area contributed by atoms with Gasteiger partial charge in [0.2, 0.25) is 0 Å². The fourth-order valence-electron chi connectivity index (χ4n) is 5.40. The summed E-state index contributed by atoms with van der Waals surface area (Å²) in [6.45, 7) is 4.09. The van der Waals surface area contributed by atoms with Crippen LogP contribution in [0.4, 0.5) is 18.9 Å². The molecule has 4 aromatic rings. The lowest BCUT2D eigenvalue weighted by atomic mass is 10.1. The van der Waals surface area contributed by atoms with Crippen molar-refractivity contribution in [3.05, 3.63) is 71.4 Å². The summed E-state index contributed by atoms with van der Waals surface area (Å²) in [6, 6.07) is 15.3. The van der Waals surface area contributed by atoms with Gasteiger partial charge >= 0.3 is 6.18 Å². The SMILES string of the molecule is COc1ccc(Cn2nc(CCN3CCN(c4cccc(C(F)(F)F)c4)CC3)c3cc(OC)c(OC)cc32)cc1OC. The van der Waals surface area contributed by atoms with Gasteiger partial charge in [-0.25, -0.2) is 0 Å². The van der Waals surface area contributed by atoms with Crippen molar-refractivity contribution in [1.29, 1.82) is 0 Å². The summed E-state index contributed by atoms with van der Waals surface area (Å²) in [5.74, 6) is 2.56. The second kappa shape index (κ2) is 12.4. The molecule has 3 aromatic carbocycles. The molecule has 0 spiro atoms. The van der Waals surface area contributed by atoms with E-state index in [0.717, 1.165) is 47.9 Å². The first-order valence-electron chi connectivity index (χ1n) is 13.7. The van der Waals surface area contributed by atoms with Crippen LogP contribution in [0.15, 0.2) is 54.6 Å². The summed E-state index contributed by atoms with van der Waals surface area (Å²) in [6.07, 6.45) is -3.65. The Labute approximate surface area is 243 Å². The summed E-state index contributed by atoms with van der Waals surface area (Å²) in [5, 5.41) is 5.99. The molecule has 42 heavy (non-hydrogen) atoms. The molecule has 224 valence electrons. The van der Waals surface area contributed by atoms with E-state index < -0.39 is 11.7 Å². The van der Waals surface area contributed by atoms with Crippen molar-refractivity contribution in [2.75, 3.05) is 66.1 Å². The number of alkyl halides is 3. The highest BCUT2D eigenvalue weighted by molar-refractivity contribution is 5.86. The number of piperazine rings is 1. The number of methoxy groups -OCH3 is 4. The molecule has 0 N–H and O–H groups in total. The number of benzene rings is 3. The highest BCUT2D eigenvalue weighted by Crippen LogP contribution is 2.35. The van der Waals surface area contributed by atoms with E-state index >= 15 is 0 Å². The number of ether oxygens (including phenoxy) is 4. The molecule has 0 atom stereocenters. The van der Waals surface area contributed by atoms with Gasteiger partial charge in [0.15, 0.2) is 23.0 Å². The molecule has 8 nitrogen and oxygen atoms in total. The Morgan fingerprint density at radius 3 is 2.10 bits per heavy atom. The smallest absolute Gasteiger partial charge is 0.416 e. The maximum Gasteiger partial charge on any atom is 0.416 e. The lowest BCUT2D eigenvalue weighted by Gasteiger charge is -2.36. The number of halogens is 3. The summed E-state index contributed by atoms with van der Waals surface area (Å²) >= 11 is 0. The van der Waals surface area contributed by atoms with Gasteiger partial charge in [0.1, 0.15) is 0 Å². The van der Waals surface area contributed by atoms with Gasteiger partial charge in [-0.05, 0) is 42.0 Å². The molecule has 0 radical (unpaired) electrons. The summed E-state index contributed by atoms with van der Waals surface area (Å²) < 4.78 is 63.5. The van der Waals surface area contributed by atoms with Crippen LogP contribution in [0.1, 0.15) is 16.8 Å². The number of hydrogen-bond donors (Lipinski definition) is 0. The molecule has 5 rings (SSSR count). The minimum absolute atomic E-state index is 0.516. The molecule has 1 aliphatic heterocycles. The number of rotatable bonds is 10. The second-order valence-corrected chi connectivity index (χ2v) is 10.1. The Kier molecular flexibility index (Phi) is 8.67. The molecule has 1 saturated heterocycles. The molecule has 2 heterocycles. The fourth-order valence-corrected chi connectivity index (χ4v) is 5.40. The van der Waals surface area contributed by atoms with Crippen LogP contribution >= 0.6 is 0 Å². The third-order valence-corrected chi connectivity index (χ3v) is 7.69. The molecule has 11 heteroatoms. The predicted molar refractivity (Wildman–Crippen MR) is 155 cm³/mol. The molecule has 1 aliphatic rings. The van der Waals surface area contributed by atoms with Crippen LogP contribution in [0, 0.1) is 0 Å². The standard InChI is InChI=1S/C31H35F3N4O4/c1-39-27-9-8-21(16-28(27)40-2)20-38-26-19-30(42-4)29(41-3)18-24(26)25(35-38)10-11-36-12-14-37(15-13-36)23-7-5-6-22(17-23)31(32,33)34/h5-9,16-19H,10-15,20H2,1-4H3. The predicted octanol–water partition coefficient (Wildman–Crippen LogP) is 5.50. The molecular formula is C31H35F3N4O4. The molecule has 0 bridgehead atoms. The first-order chi connectivity index (χ1) is 20.2. The average Bonchev–Trinajstić information content (AvgIpc) is 3.34. The Hall–Kier alpha value is -4.12. The van der Waals surface area contributed by atoms with E-state index in [4.69, 9.17) is 24.0 Å². The van der Waals surface area contributed by atoms with Crippen LogP contribution in [0.25, 0.3) is 10.9 Å². The number of nitrogens with zero attached hydrogens (tertiary/aromatic N) is 4. The maximum absolute atomic E-state index is 13.2. The third-order valence-electron chi connectivity index (χ3n) is 7.69. The zero-order valence-electron chi connectivity index (χ0n) is 24.2. The van der Waals surface area contributed by atoms with Crippen molar-refractivity contribution in [3.8, 4) is 23.0 Å². The van der Waals surface area contributed by atoms with Gasteiger partial charge in [0, 0.05) is 56.3 Å². The quantitative estimate of drug-likeness (QED) is 0.244. The van der Waals surface area contributed by atoms with Crippen molar-refractivity contribution in [2.24, 2.45) is 0 Å². The van der Waals surface area contributed by atoms with Crippen molar-refractivity contribution in [1.82, 2.24) is 14.7 Å². The highest BCUT2D eigenvalue weighted by atomic mass is 19.4. The van der Waals surface area contributed by atoms with Gasteiger partial charge in [-0.15, -0.1) is 0 Å². The lowest BCUT2D eigenvalue weighted by molar-refractivity contribution is -0.137. The van der Waals surface area contributed by atoms with Crippen LogP contribution in [-0.4, -0.2) is 75.8 Å². The molecule has 0 aliphatic carbocycles. The Balaban J connectivity index is 1.33. The molecule has 0 unspecified atom stereocenters. The minimum Gasteiger partial charge on any atom is -0.493 e. The zero-order chi connectivity index (χ0) is 29.9. The molecule has 0 amide bonds. The zero-order valence-corrected chi connectivity index (χ0v) is 24.2. The number of anilines is 1. The summed E-state index contributed by atoms with van der Waals surface area (Å²) in [5.41, 5.74) is 2.85. The second-order valence-electron chi connectivity index (χ2n) is 10.1. The van der Waals surface area contributed by atoms with E-state index in [1.54, 1.807) is 34.5 Å². The number of fused-ring (bicyclic) bond motifs is 1. The lowest BCUT2D eigenvalue weighted by Crippen LogP contribution is -2.47. The molecule has 0 saturated carbocycles. The largest absolute Gasteiger partial charge is 0.493 e. The number of aromatic nitrogens is 2. The van der Waals surface area contributed by atoms with Gasteiger partial charge in [-0.2, -0.15) is 18.3 Å². The van der Waals surface area contributed by atoms with E-state index in [1.807, 2.05) is 39.9 Å². The Morgan fingerprint density at radius 2 is 1.43 bits per heavy atom. The molecular weight excluding hydrogens is 549 g/mol. The van der Waals surface area contributed by atoms with Crippen molar-refractivity contribution in [3.63, 3.8) is 0 Å². The highest BCUT2D eigenvalue weighted by Gasteiger charge is 2.31. The summed E-state index contributed by atoms with van der Waals surface area (Å²) in [7, 11) is 6.44.